The molecule has 0 aromatic carbocycles. The number of H-pyrrole nitrogens is 1. The van der Waals surface area contributed by atoms with Crippen LogP contribution in [-0.4, -0.2) is 10.9 Å². The zero-order chi connectivity index (χ0) is 14.8. The van der Waals surface area contributed by atoms with Crippen LogP contribution in [0.2, 0.25) is 0 Å². The zero-order valence-corrected chi connectivity index (χ0v) is 10.5. The third-order valence-electron chi connectivity index (χ3n) is 3.13. The lowest BCUT2D eigenvalue weighted by Crippen LogP contribution is -2.27. The van der Waals surface area contributed by atoms with E-state index in [4.69, 9.17) is 0 Å². The van der Waals surface area contributed by atoms with Crippen LogP contribution in [0, 0.1) is 5.92 Å². The number of amides is 1. The molecule has 1 aromatic rings. The Morgan fingerprint density at radius 1 is 1.35 bits per heavy atom. The highest BCUT2D eigenvalue weighted by Gasteiger charge is 2.31. The van der Waals surface area contributed by atoms with Crippen molar-refractivity contribution in [1.29, 1.82) is 0 Å². The first kappa shape index (κ1) is 14.4. The van der Waals surface area contributed by atoms with Crippen molar-refractivity contribution in [2.45, 2.75) is 25.4 Å². The van der Waals surface area contributed by atoms with E-state index in [0.29, 0.717) is 25.1 Å². The lowest BCUT2D eigenvalue weighted by atomic mass is 9.93. The number of hydrogen-bond acceptors (Lipinski definition) is 2. The van der Waals surface area contributed by atoms with Gasteiger partial charge >= 0.3 is 6.18 Å². The summed E-state index contributed by atoms with van der Waals surface area (Å²) in [6.07, 6.45) is 1.71. The van der Waals surface area contributed by atoms with Crippen molar-refractivity contribution >= 4 is 11.6 Å². The second-order valence-electron chi connectivity index (χ2n) is 4.60. The summed E-state index contributed by atoms with van der Waals surface area (Å²) in [5.41, 5.74) is -2.13. The van der Waals surface area contributed by atoms with E-state index >= 15 is 0 Å². The fourth-order valence-corrected chi connectivity index (χ4v) is 2.01. The van der Waals surface area contributed by atoms with Gasteiger partial charge in [0.15, 0.2) is 0 Å². The van der Waals surface area contributed by atoms with Gasteiger partial charge in [0.05, 0.1) is 5.56 Å². The summed E-state index contributed by atoms with van der Waals surface area (Å²) in [5.74, 6) is -0.742. The Morgan fingerprint density at radius 2 is 2.10 bits per heavy atom. The van der Waals surface area contributed by atoms with Crippen molar-refractivity contribution in [3.63, 3.8) is 0 Å². The fourth-order valence-electron chi connectivity index (χ4n) is 2.01. The van der Waals surface area contributed by atoms with E-state index in [0.717, 1.165) is 6.42 Å². The third kappa shape index (κ3) is 3.28. The molecule has 0 saturated heterocycles. The maximum absolute atomic E-state index is 12.5. The topological polar surface area (TPSA) is 62.0 Å². The van der Waals surface area contributed by atoms with Crippen molar-refractivity contribution in [2.24, 2.45) is 5.92 Å². The molecule has 1 aliphatic carbocycles. The van der Waals surface area contributed by atoms with Gasteiger partial charge in [-0.1, -0.05) is 12.2 Å². The maximum atomic E-state index is 12.5. The average Bonchev–Trinajstić information content (AvgIpc) is 2.41. The second-order valence-corrected chi connectivity index (χ2v) is 4.60. The SMILES string of the molecule is O=C(Nc1cc(C(F)(F)F)c[nH]c1=O)[C@H]1CC=CCC1. The predicted molar refractivity (Wildman–Crippen MR) is 67.2 cm³/mol. The van der Waals surface area contributed by atoms with Crippen molar-refractivity contribution in [2.75, 3.05) is 5.32 Å². The molecular weight excluding hydrogens is 273 g/mol. The monoisotopic (exact) mass is 286 g/mol. The normalized spacial score (nSPS) is 18.9. The number of carbonyl (C=O) groups excluding carboxylic acids is 1. The number of anilines is 1. The Kier molecular flexibility index (Phi) is 3.96. The first-order chi connectivity index (χ1) is 9.38. The Labute approximate surface area is 112 Å². The fraction of sp³-hybridized carbons (Fsp3) is 0.385. The molecule has 0 fully saturated rings. The lowest BCUT2D eigenvalue weighted by Gasteiger charge is -2.17. The van der Waals surface area contributed by atoms with E-state index in [1.54, 1.807) is 0 Å². The Hall–Kier alpha value is -2.05. The molecule has 0 aliphatic heterocycles. The van der Waals surface area contributed by atoms with Crippen LogP contribution < -0.4 is 10.9 Å². The standard InChI is InChI=1S/C13H13F3N2O2/c14-13(15,16)9-6-10(12(20)17-7-9)18-11(19)8-4-2-1-3-5-8/h1-2,6-8H,3-5H2,(H,17,20)(H,18,19)/t8-/m0/s1. The summed E-state index contributed by atoms with van der Waals surface area (Å²) in [6.45, 7) is 0. The first-order valence-electron chi connectivity index (χ1n) is 6.13. The molecule has 0 saturated carbocycles. The molecule has 0 radical (unpaired) electrons. The molecule has 1 atom stereocenters. The van der Waals surface area contributed by atoms with Crippen molar-refractivity contribution < 1.29 is 18.0 Å². The highest BCUT2D eigenvalue weighted by Crippen LogP contribution is 2.29. The van der Waals surface area contributed by atoms with E-state index in [1.807, 2.05) is 17.1 Å². The van der Waals surface area contributed by atoms with Crippen molar-refractivity contribution in [3.8, 4) is 0 Å². The van der Waals surface area contributed by atoms with Crippen LogP contribution in [0.4, 0.5) is 18.9 Å². The van der Waals surface area contributed by atoms with Crippen molar-refractivity contribution in [3.05, 3.63) is 40.3 Å². The van der Waals surface area contributed by atoms with Crippen molar-refractivity contribution in [1.82, 2.24) is 4.98 Å². The molecule has 2 N–H and O–H groups in total. The van der Waals surface area contributed by atoms with Gasteiger partial charge in [-0.2, -0.15) is 13.2 Å². The van der Waals surface area contributed by atoms with Crippen LogP contribution in [0.15, 0.2) is 29.2 Å². The lowest BCUT2D eigenvalue weighted by molar-refractivity contribution is -0.137. The minimum atomic E-state index is -4.57. The molecule has 1 heterocycles. The number of allylic oxidation sites excluding steroid dienone is 2. The number of rotatable bonds is 2. The summed E-state index contributed by atoms with van der Waals surface area (Å²) in [5, 5.41) is 2.28. The van der Waals surface area contributed by atoms with E-state index in [1.165, 1.54) is 0 Å². The summed E-state index contributed by atoms with van der Waals surface area (Å²) in [4.78, 5) is 25.3. The zero-order valence-electron chi connectivity index (χ0n) is 10.5. The number of alkyl halides is 3. The number of halogens is 3. The molecule has 0 bridgehead atoms. The maximum Gasteiger partial charge on any atom is 0.417 e. The van der Waals surface area contributed by atoms with Crippen LogP contribution in [0.25, 0.3) is 0 Å². The van der Waals surface area contributed by atoms with E-state index in [9.17, 15) is 22.8 Å². The summed E-state index contributed by atoms with van der Waals surface area (Å²) in [6, 6.07) is 0.648. The first-order valence-corrected chi connectivity index (χ1v) is 6.13. The van der Waals surface area contributed by atoms with E-state index in [2.05, 4.69) is 5.32 Å². The smallest absolute Gasteiger partial charge is 0.327 e. The molecule has 1 aliphatic rings. The minimum absolute atomic E-state index is 0.311. The van der Waals surface area contributed by atoms with Gasteiger partial charge in [-0.05, 0) is 25.3 Å². The van der Waals surface area contributed by atoms with E-state index < -0.39 is 23.2 Å². The van der Waals surface area contributed by atoms with Gasteiger partial charge in [-0.15, -0.1) is 0 Å². The Bertz CT molecular complexity index is 590. The van der Waals surface area contributed by atoms with Crippen LogP contribution in [0.5, 0.6) is 0 Å². The highest BCUT2D eigenvalue weighted by molar-refractivity contribution is 5.92. The van der Waals surface area contributed by atoms with Gasteiger partial charge in [0.1, 0.15) is 5.69 Å². The molecule has 2 rings (SSSR count). The number of carbonyl (C=O) groups is 1. The highest BCUT2D eigenvalue weighted by atomic mass is 19.4. The van der Waals surface area contributed by atoms with Gasteiger partial charge in [0.25, 0.3) is 5.56 Å². The molecule has 1 amide bonds. The van der Waals surface area contributed by atoms with Gasteiger partial charge in [0, 0.05) is 12.1 Å². The molecule has 0 unspecified atom stereocenters. The molecular formula is C13H13F3N2O2. The number of aromatic nitrogens is 1. The van der Waals surface area contributed by atoms with Crippen LogP contribution in [0.1, 0.15) is 24.8 Å². The van der Waals surface area contributed by atoms with Crippen LogP contribution >= 0.6 is 0 Å². The van der Waals surface area contributed by atoms with Gasteiger partial charge < -0.3 is 10.3 Å². The molecule has 20 heavy (non-hydrogen) atoms. The van der Waals surface area contributed by atoms with Crippen LogP contribution in [-0.2, 0) is 11.0 Å². The quantitative estimate of drug-likeness (QED) is 0.821. The molecule has 0 spiro atoms. The molecule has 1 aromatic heterocycles. The average molecular weight is 286 g/mol. The minimum Gasteiger partial charge on any atom is -0.327 e. The number of nitrogens with one attached hydrogen (secondary N) is 2. The molecule has 4 nitrogen and oxygen atoms in total. The Balaban J connectivity index is 2.18. The van der Waals surface area contributed by atoms with Gasteiger partial charge in [0.2, 0.25) is 5.91 Å². The largest absolute Gasteiger partial charge is 0.417 e. The van der Waals surface area contributed by atoms with Crippen LogP contribution in [0.3, 0.4) is 0 Å². The number of pyridine rings is 1. The molecule has 7 heteroatoms. The molecule has 108 valence electrons. The summed E-state index contributed by atoms with van der Waals surface area (Å²) >= 11 is 0. The number of aromatic amines is 1. The number of hydrogen-bond donors (Lipinski definition) is 2. The predicted octanol–water partition coefficient (Wildman–Crippen LogP) is 2.69. The third-order valence-corrected chi connectivity index (χ3v) is 3.13. The van der Waals surface area contributed by atoms with Gasteiger partial charge in [-0.3, -0.25) is 9.59 Å². The van der Waals surface area contributed by atoms with Gasteiger partial charge in [-0.25, -0.2) is 0 Å². The summed E-state index contributed by atoms with van der Waals surface area (Å²) in [7, 11) is 0. The second kappa shape index (κ2) is 5.52. The van der Waals surface area contributed by atoms with E-state index in [-0.39, 0.29) is 11.6 Å². The Morgan fingerprint density at radius 3 is 2.70 bits per heavy atom. The summed E-state index contributed by atoms with van der Waals surface area (Å²) < 4.78 is 37.6.